The van der Waals surface area contributed by atoms with Crippen molar-refractivity contribution in [3.8, 4) is 67.5 Å². The van der Waals surface area contributed by atoms with Crippen molar-refractivity contribution in [3.05, 3.63) is 192 Å². The Kier molecular flexibility index (Phi) is 23.2. The van der Waals surface area contributed by atoms with E-state index < -0.39 is 55.4 Å². The fourth-order valence-corrected chi connectivity index (χ4v) is 11.9. The van der Waals surface area contributed by atoms with Gasteiger partial charge in [-0.25, -0.2) is 26.8 Å². The number of aromatic nitrogens is 4. The van der Waals surface area contributed by atoms with Crippen molar-refractivity contribution < 1.29 is 143 Å². The summed E-state index contributed by atoms with van der Waals surface area (Å²) in [5, 5.41) is 11.4. The standard InChI is InChI=1S/C69H58N8O14S2.2Na.Zn/c1-88-42-32-40-34-44(36-42)90-30-12-3-13-31-91-45-35-41(33-43(37-45)89-2)69(81)77-53-21-11-7-17-49(53)67-60-28-24-56(72-60)64(46-14-4-8-18-50(46)74-62(78)38-92(82,83)84)54-22-26-58(70-54)66(48-16-6-10-20-52(48)76-68(40)80)59-27-23-55(71-59)65(57-25-29-61(67)73-57)47-15-5-9-19-51(47)75-63(79)39-93(85,86)87;;;/h4-11,14-29,32-37H,3,12-13,30-31,38-39H2,1-2H3,(H8,70,71,72,73,74,75,76,77,78,79,80,81,82,83,84,85,86,87);;;/q;2*+1;+2/p-4. The van der Waals surface area contributed by atoms with E-state index in [1.807, 2.05) is 0 Å². The smallest absolute Gasteiger partial charge is 0.748 e. The molecule has 0 aliphatic carbocycles. The van der Waals surface area contributed by atoms with E-state index in [4.69, 9.17) is 38.9 Å². The van der Waals surface area contributed by atoms with Crippen molar-refractivity contribution in [1.29, 1.82) is 0 Å². The number of ether oxygens (including phenoxy) is 4. The number of hydrogen-bond acceptors (Lipinski definition) is 16. The molecule has 0 fully saturated rings. The number of carbonyl (C=O) groups excluding carboxylic acids is 4. The fourth-order valence-electron chi connectivity index (χ4n) is 11.1. The summed E-state index contributed by atoms with van der Waals surface area (Å²) >= 11 is 0. The summed E-state index contributed by atoms with van der Waals surface area (Å²) in [4.78, 5) is 77.5. The second-order valence-corrected chi connectivity index (χ2v) is 24.3. The molecule has 0 saturated heterocycles. The zero-order valence-corrected chi connectivity index (χ0v) is 60.9. The normalized spacial score (nSPS) is 13.0. The van der Waals surface area contributed by atoms with Gasteiger partial charge in [0.25, 0.3) is 11.8 Å². The molecule has 6 aromatic carbocycles. The molecule has 4 amide bonds. The molecule has 96 heavy (non-hydrogen) atoms. The Morgan fingerprint density at radius 1 is 0.490 bits per heavy atom. The van der Waals surface area contributed by atoms with E-state index in [1.54, 1.807) is 170 Å². The SMILES string of the molecule is COc1cc2cc(c1)C(=O)Nc1ccccc1-c1c3nc(c(-c4ccccc4NC(=O)CS(=O)(=O)[O-])c4ccc([n-]4)c(c4nc(c(-c5ccccc5NC(=O)CS(=O)(=O)[O-])c5ccc1[n-]5)C=C4)-c1ccccc1NC(=O)c1cc(OC)cc(c1)OCCCCCO2)C=C3.[Na+].[Na+].[Zn+2]. The number of rotatable bonds is 10. The Hall–Kier alpha value is -8.56. The van der Waals surface area contributed by atoms with Crippen molar-refractivity contribution in [2.24, 2.45) is 0 Å². The van der Waals surface area contributed by atoms with Crippen LogP contribution in [0.4, 0.5) is 22.7 Å². The van der Waals surface area contributed by atoms with Crippen LogP contribution in [0.1, 0.15) is 62.8 Å². The molecular weight excluding hydrogens is 1340 g/mol. The molecule has 14 bridgehead atoms. The molecule has 9 aromatic rings. The van der Waals surface area contributed by atoms with Crippen LogP contribution in [0.3, 0.4) is 0 Å². The first-order valence-electron chi connectivity index (χ1n) is 29.0. The van der Waals surface area contributed by atoms with E-state index in [-0.39, 0.29) is 124 Å². The molecule has 0 unspecified atom stereocenters. The largest absolute Gasteiger partial charge is 2.00 e. The molecule has 4 N–H and O–H groups in total. The number of benzene rings is 6. The van der Waals surface area contributed by atoms with Gasteiger partial charge in [0.2, 0.25) is 11.8 Å². The third-order valence-electron chi connectivity index (χ3n) is 15.1. The second-order valence-electron chi connectivity index (χ2n) is 21.5. The number of fused-ring (bicyclic) bond motifs is 8. The molecule has 4 aliphatic rings. The van der Waals surface area contributed by atoms with Crippen LogP contribution in [-0.2, 0) is 49.3 Å². The Bertz CT molecular complexity index is 4710. The molecule has 27 heteroatoms. The van der Waals surface area contributed by atoms with Gasteiger partial charge in [0, 0.05) is 68.3 Å². The average molecular weight is 1390 g/mol. The third kappa shape index (κ3) is 16.6. The average Bonchev–Trinajstić information content (AvgIpc) is 1.59. The Morgan fingerprint density at radius 2 is 0.823 bits per heavy atom. The number of nitrogens with one attached hydrogen (secondary N) is 4. The van der Waals surface area contributed by atoms with Gasteiger partial charge in [0.05, 0.1) is 50.2 Å². The number of methoxy groups -OCH3 is 2. The maximum absolute atomic E-state index is 14.7. The predicted octanol–water partition coefficient (Wildman–Crippen LogP) is 5.02. The summed E-state index contributed by atoms with van der Waals surface area (Å²) in [5.74, 6) is -4.51. The summed E-state index contributed by atoms with van der Waals surface area (Å²) in [6.45, 7) is 0.592. The molecule has 470 valence electrons. The minimum absolute atomic E-state index is 0. The van der Waals surface area contributed by atoms with Crippen LogP contribution in [0.2, 0.25) is 0 Å². The van der Waals surface area contributed by atoms with Gasteiger partial charge in [-0.3, -0.25) is 19.2 Å². The zero-order chi connectivity index (χ0) is 65.0. The Balaban J connectivity index is 0.00000361. The summed E-state index contributed by atoms with van der Waals surface area (Å²) in [6.07, 6.45) is 8.87. The van der Waals surface area contributed by atoms with Crippen LogP contribution in [-0.4, -0.2) is 98.5 Å². The van der Waals surface area contributed by atoms with E-state index in [0.29, 0.717) is 134 Å². The van der Waals surface area contributed by atoms with Gasteiger partial charge in [0.1, 0.15) is 54.7 Å². The van der Waals surface area contributed by atoms with Crippen LogP contribution in [0.25, 0.3) is 90.9 Å². The van der Waals surface area contributed by atoms with Crippen LogP contribution >= 0.6 is 0 Å². The molecule has 0 atom stereocenters. The van der Waals surface area contributed by atoms with Gasteiger partial charge in [-0.2, -0.15) is 0 Å². The van der Waals surface area contributed by atoms with Crippen molar-refractivity contribution in [2.75, 3.05) is 60.2 Å². The number of carbonyl (C=O) groups is 4. The molecule has 0 saturated carbocycles. The first-order chi connectivity index (χ1) is 44.8. The minimum Gasteiger partial charge on any atom is -0.748 e. The first kappa shape index (κ1) is 71.7. The van der Waals surface area contributed by atoms with E-state index >= 15 is 0 Å². The van der Waals surface area contributed by atoms with Gasteiger partial charge in [-0.1, -0.05) is 97.1 Å². The number of para-hydroxylation sites is 4. The summed E-state index contributed by atoms with van der Waals surface area (Å²) in [5.41, 5.74) is 6.44. The van der Waals surface area contributed by atoms with E-state index in [0.717, 1.165) is 0 Å². The van der Waals surface area contributed by atoms with Crippen LogP contribution in [0.15, 0.2) is 158 Å². The van der Waals surface area contributed by atoms with Gasteiger partial charge in [-0.15, -0.1) is 22.1 Å². The summed E-state index contributed by atoms with van der Waals surface area (Å²) < 4.78 is 95.4. The Morgan fingerprint density at radius 3 is 1.18 bits per heavy atom. The summed E-state index contributed by atoms with van der Waals surface area (Å²) in [7, 11) is -7.09. The predicted molar refractivity (Wildman–Crippen MR) is 352 cm³/mol. The molecule has 7 heterocycles. The molecule has 13 rings (SSSR count). The van der Waals surface area contributed by atoms with Crippen molar-refractivity contribution in [2.45, 2.75) is 19.3 Å². The number of nitrogens with zero attached hydrogens (tertiary/aromatic N) is 4. The topological polar surface area (TPSA) is 322 Å². The van der Waals surface area contributed by atoms with Gasteiger partial charge in [-0.05, 0) is 114 Å². The third-order valence-corrected chi connectivity index (χ3v) is 16.4. The van der Waals surface area contributed by atoms with E-state index in [1.165, 1.54) is 26.4 Å². The van der Waals surface area contributed by atoms with E-state index in [2.05, 4.69) is 21.3 Å². The molecule has 3 aromatic heterocycles. The number of anilines is 4. The second kappa shape index (κ2) is 31.1. The van der Waals surface area contributed by atoms with Crippen molar-refractivity contribution >= 4 is 113 Å². The van der Waals surface area contributed by atoms with Gasteiger partial charge < -0.3 is 59.3 Å². The molecule has 22 nitrogen and oxygen atoms in total. The van der Waals surface area contributed by atoms with Crippen LogP contribution in [0.5, 0.6) is 23.0 Å². The monoisotopic (exact) mass is 1390 g/mol. The Labute approximate surface area is 608 Å². The molecule has 0 radical (unpaired) electrons. The zero-order valence-electron chi connectivity index (χ0n) is 52.3. The number of amides is 4. The molecule has 0 spiro atoms. The van der Waals surface area contributed by atoms with Gasteiger partial charge in [0.15, 0.2) is 0 Å². The van der Waals surface area contributed by atoms with E-state index in [9.17, 15) is 45.1 Å². The summed E-state index contributed by atoms with van der Waals surface area (Å²) in [6, 6.07) is 43.7. The minimum atomic E-state index is -5.02. The maximum atomic E-state index is 14.7. The maximum Gasteiger partial charge on any atom is 2.00 e. The quantitative estimate of drug-likeness (QED) is 0.103. The van der Waals surface area contributed by atoms with Crippen LogP contribution < -0.4 is 109 Å². The van der Waals surface area contributed by atoms with Crippen LogP contribution in [0, 0.1) is 0 Å². The molecular formula is C69H54N8Na2O14S2Zn. The van der Waals surface area contributed by atoms with Gasteiger partial charge >= 0.3 is 78.6 Å². The van der Waals surface area contributed by atoms with Crippen molar-refractivity contribution in [3.63, 3.8) is 0 Å². The van der Waals surface area contributed by atoms with Crippen molar-refractivity contribution in [1.82, 2.24) is 19.9 Å². The first-order valence-corrected chi connectivity index (χ1v) is 32.2. The molecule has 4 aliphatic heterocycles. The number of hydrogen-bond donors (Lipinski definition) is 4. The fraction of sp³-hybridized carbons (Fsp3) is 0.130.